The van der Waals surface area contributed by atoms with Gasteiger partial charge in [0, 0.05) is 18.9 Å². The second-order valence-corrected chi connectivity index (χ2v) is 5.85. The summed E-state index contributed by atoms with van der Waals surface area (Å²) in [4.78, 5) is 12.9. The molecule has 2 aromatic rings. The van der Waals surface area contributed by atoms with Gasteiger partial charge >= 0.3 is 0 Å². The van der Waals surface area contributed by atoms with E-state index in [1.165, 1.54) is 6.42 Å². The summed E-state index contributed by atoms with van der Waals surface area (Å²) < 4.78 is 2.10. The van der Waals surface area contributed by atoms with E-state index in [1.807, 2.05) is 54.9 Å². The van der Waals surface area contributed by atoms with Crippen molar-refractivity contribution in [2.45, 2.75) is 44.2 Å². The van der Waals surface area contributed by atoms with Gasteiger partial charge in [0.05, 0.1) is 0 Å². The molecule has 1 N–H and O–H groups in total. The lowest BCUT2D eigenvalue weighted by Crippen LogP contribution is -2.49. The average Bonchev–Trinajstić information content (AvgIpc) is 3.09. The minimum atomic E-state index is -0.392. The van der Waals surface area contributed by atoms with E-state index >= 15 is 0 Å². The number of rotatable bonds is 4. The largest absolute Gasteiger partial charge is 0.350 e. The van der Waals surface area contributed by atoms with Crippen LogP contribution in [0.1, 0.15) is 37.7 Å². The fourth-order valence-electron chi connectivity index (χ4n) is 3.30. The highest BCUT2D eigenvalue weighted by molar-refractivity contribution is 5.84. The second kappa shape index (κ2) is 6.17. The van der Waals surface area contributed by atoms with Gasteiger partial charge in [-0.1, -0.05) is 49.6 Å². The van der Waals surface area contributed by atoms with Gasteiger partial charge in [-0.05, 0) is 30.5 Å². The van der Waals surface area contributed by atoms with Gasteiger partial charge in [0.15, 0.2) is 0 Å². The number of amides is 1. The molecule has 3 heteroatoms. The maximum Gasteiger partial charge on any atom is 0.246 e. The van der Waals surface area contributed by atoms with Crippen molar-refractivity contribution in [3.63, 3.8) is 0 Å². The molecule has 0 bridgehead atoms. The van der Waals surface area contributed by atoms with Gasteiger partial charge in [0.1, 0.15) is 5.54 Å². The molecule has 0 unspecified atom stereocenters. The van der Waals surface area contributed by atoms with E-state index in [2.05, 4.69) is 9.88 Å². The summed E-state index contributed by atoms with van der Waals surface area (Å²) in [6, 6.07) is 14.1. The maximum absolute atomic E-state index is 12.9. The zero-order valence-corrected chi connectivity index (χ0v) is 12.3. The Balaban J connectivity index is 1.75. The van der Waals surface area contributed by atoms with Crippen LogP contribution in [0.4, 0.5) is 0 Å². The van der Waals surface area contributed by atoms with Crippen molar-refractivity contribution in [2.75, 3.05) is 0 Å². The second-order valence-electron chi connectivity index (χ2n) is 5.85. The number of aromatic nitrogens is 1. The molecule has 3 nitrogen and oxygen atoms in total. The Labute approximate surface area is 126 Å². The topological polar surface area (TPSA) is 34.0 Å². The molecule has 1 aromatic carbocycles. The standard InChI is InChI=1S/C18H22N2O/c21-17(19-15-16-9-3-1-4-10-16)18(11-5-2-6-12-18)20-13-7-8-14-20/h1,3-4,7-10,13-14H,2,5-6,11-12,15H2,(H,19,21). The molecule has 0 spiro atoms. The number of hydrogen-bond donors (Lipinski definition) is 1. The van der Waals surface area contributed by atoms with Gasteiger partial charge in [-0.3, -0.25) is 4.79 Å². The molecule has 0 saturated heterocycles. The van der Waals surface area contributed by atoms with Crippen LogP contribution in [0.3, 0.4) is 0 Å². The number of benzene rings is 1. The third-order valence-electron chi connectivity index (χ3n) is 4.50. The SMILES string of the molecule is O=C(NCc1ccccc1)C1(n2cccc2)CCCCC1. The molecule has 110 valence electrons. The van der Waals surface area contributed by atoms with E-state index in [1.54, 1.807) is 0 Å². The summed E-state index contributed by atoms with van der Waals surface area (Å²) in [5.74, 6) is 0.155. The fourth-order valence-corrected chi connectivity index (χ4v) is 3.30. The zero-order chi connectivity index (χ0) is 14.5. The average molecular weight is 282 g/mol. The van der Waals surface area contributed by atoms with Gasteiger partial charge in [-0.15, -0.1) is 0 Å². The molecular formula is C18H22N2O. The lowest BCUT2D eigenvalue weighted by Gasteiger charge is -2.37. The highest BCUT2D eigenvalue weighted by Crippen LogP contribution is 2.35. The van der Waals surface area contributed by atoms with Gasteiger partial charge < -0.3 is 9.88 Å². The minimum Gasteiger partial charge on any atom is -0.350 e. The van der Waals surface area contributed by atoms with Crippen LogP contribution in [0.5, 0.6) is 0 Å². The number of nitrogens with one attached hydrogen (secondary N) is 1. The van der Waals surface area contributed by atoms with E-state index in [4.69, 9.17) is 0 Å². The smallest absolute Gasteiger partial charge is 0.246 e. The molecule has 1 aromatic heterocycles. The third-order valence-corrected chi connectivity index (χ3v) is 4.50. The molecular weight excluding hydrogens is 260 g/mol. The third kappa shape index (κ3) is 2.87. The molecule has 0 atom stereocenters. The maximum atomic E-state index is 12.9. The van der Waals surface area contributed by atoms with Gasteiger partial charge in [-0.25, -0.2) is 0 Å². The van der Waals surface area contributed by atoms with Gasteiger partial charge in [0.2, 0.25) is 5.91 Å². The van der Waals surface area contributed by atoms with Crippen LogP contribution >= 0.6 is 0 Å². The Bertz CT molecular complexity index is 569. The molecule has 1 saturated carbocycles. The Morgan fingerprint density at radius 1 is 1.00 bits per heavy atom. The predicted octanol–water partition coefficient (Wildman–Crippen LogP) is 3.46. The molecule has 21 heavy (non-hydrogen) atoms. The van der Waals surface area contributed by atoms with E-state index in [0.29, 0.717) is 6.54 Å². The van der Waals surface area contributed by atoms with Crippen molar-refractivity contribution in [3.05, 3.63) is 60.4 Å². The van der Waals surface area contributed by atoms with Gasteiger partial charge in [-0.2, -0.15) is 0 Å². The molecule has 0 aliphatic heterocycles. The minimum absolute atomic E-state index is 0.155. The molecule has 1 aliphatic carbocycles. The number of carbonyl (C=O) groups is 1. The van der Waals surface area contributed by atoms with Crippen molar-refractivity contribution >= 4 is 5.91 Å². The predicted molar refractivity (Wildman–Crippen MR) is 83.8 cm³/mol. The molecule has 3 rings (SSSR count). The summed E-state index contributed by atoms with van der Waals surface area (Å²) in [5, 5.41) is 3.14. The summed E-state index contributed by atoms with van der Waals surface area (Å²) in [6.07, 6.45) is 9.38. The molecule has 1 aliphatic rings. The van der Waals surface area contributed by atoms with Crippen LogP contribution in [0.15, 0.2) is 54.9 Å². The van der Waals surface area contributed by atoms with Crippen molar-refractivity contribution < 1.29 is 4.79 Å². The fraction of sp³-hybridized carbons (Fsp3) is 0.389. The normalized spacial score (nSPS) is 17.3. The van der Waals surface area contributed by atoms with E-state index in [9.17, 15) is 4.79 Å². The van der Waals surface area contributed by atoms with Crippen molar-refractivity contribution in [2.24, 2.45) is 0 Å². The Kier molecular flexibility index (Phi) is 4.09. The summed E-state index contributed by atoms with van der Waals surface area (Å²) in [5.41, 5.74) is 0.751. The van der Waals surface area contributed by atoms with Crippen LogP contribution < -0.4 is 5.32 Å². The van der Waals surface area contributed by atoms with Crippen LogP contribution in [0.2, 0.25) is 0 Å². The van der Waals surface area contributed by atoms with Crippen LogP contribution in [0, 0.1) is 0 Å². The number of nitrogens with zero attached hydrogens (tertiary/aromatic N) is 1. The zero-order valence-electron chi connectivity index (χ0n) is 12.3. The number of carbonyl (C=O) groups excluding carboxylic acids is 1. The van der Waals surface area contributed by atoms with Gasteiger partial charge in [0.25, 0.3) is 0 Å². The first-order valence-electron chi connectivity index (χ1n) is 7.77. The molecule has 1 heterocycles. The first-order valence-corrected chi connectivity index (χ1v) is 7.77. The molecule has 1 fully saturated rings. The highest BCUT2D eigenvalue weighted by atomic mass is 16.2. The summed E-state index contributed by atoms with van der Waals surface area (Å²) >= 11 is 0. The highest BCUT2D eigenvalue weighted by Gasteiger charge is 2.40. The summed E-state index contributed by atoms with van der Waals surface area (Å²) in [7, 11) is 0. The van der Waals surface area contributed by atoms with E-state index in [-0.39, 0.29) is 5.91 Å². The molecule has 1 amide bonds. The lowest BCUT2D eigenvalue weighted by atomic mass is 9.80. The van der Waals surface area contributed by atoms with Crippen LogP contribution in [-0.2, 0) is 16.9 Å². The Hall–Kier alpha value is -2.03. The first-order chi connectivity index (χ1) is 10.3. The first kappa shape index (κ1) is 13.9. The van der Waals surface area contributed by atoms with Crippen molar-refractivity contribution in [3.8, 4) is 0 Å². The number of hydrogen-bond acceptors (Lipinski definition) is 1. The monoisotopic (exact) mass is 282 g/mol. The molecule has 0 radical (unpaired) electrons. The van der Waals surface area contributed by atoms with Crippen molar-refractivity contribution in [1.29, 1.82) is 0 Å². The lowest BCUT2D eigenvalue weighted by molar-refractivity contribution is -0.131. The van der Waals surface area contributed by atoms with E-state index in [0.717, 1.165) is 31.2 Å². The quantitative estimate of drug-likeness (QED) is 0.915. The van der Waals surface area contributed by atoms with Crippen LogP contribution in [0.25, 0.3) is 0 Å². The Morgan fingerprint density at radius 3 is 2.33 bits per heavy atom. The summed E-state index contributed by atoms with van der Waals surface area (Å²) in [6.45, 7) is 0.600. The van der Waals surface area contributed by atoms with Crippen molar-refractivity contribution in [1.82, 2.24) is 9.88 Å². The van der Waals surface area contributed by atoms with Crippen LogP contribution in [-0.4, -0.2) is 10.5 Å². The van der Waals surface area contributed by atoms with E-state index < -0.39 is 5.54 Å². The Morgan fingerprint density at radius 2 is 1.67 bits per heavy atom.